The van der Waals surface area contributed by atoms with Gasteiger partial charge in [0.05, 0.1) is 0 Å². The first kappa shape index (κ1) is 11.1. The van der Waals surface area contributed by atoms with Crippen molar-refractivity contribution in [2.24, 2.45) is 0 Å². The van der Waals surface area contributed by atoms with Gasteiger partial charge in [-0.1, -0.05) is 49.2 Å². The van der Waals surface area contributed by atoms with Gasteiger partial charge in [0.1, 0.15) is 0 Å². The van der Waals surface area contributed by atoms with Gasteiger partial charge in [-0.05, 0) is 46.5 Å². The summed E-state index contributed by atoms with van der Waals surface area (Å²) < 4.78 is 0. The summed E-state index contributed by atoms with van der Waals surface area (Å²) in [5, 5.41) is 1.58. The van der Waals surface area contributed by atoms with E-state index in [1.165, 1.54) is 22.3 Å². The summed E-state index contributed by atoms with van der Waals surface area (Å²) in [7, 11) is 0. The van der Waals surface area contributed by atoms with Crippen molar-refractivity contribution in [2.45, 2.75) is 19.3 Å². The third-order valence-electron chi connectivity index (χ3n) is 3.60. The second kappa shape index (κ2) is 3.51. The Balaban J connectivity index is 2.37. The molecule has 2 aromatic carbocycles. The maximum absolute atomic E-state index is 6.10. The largest absolute Gasteiger partial charge is 0.0843 e. The molecule has 0 saturated carbocycles. The van der Waals surface area contributed by atoms with E-state index >= 15 is 0 Å². The molecule has 0 N–H and O–H groups in total. The summed E-state index contributed by atoms with van der Waals surface area (Å²) in [6.07, 6.45) is 0. The van der Waals surface area contributed by atoms with Crippen LogP contribution in [0.3, 0.4) is 0 Å². The molecule has 2 heteroatoms. The van der Waals surface area contributed by atoms with Crippen molar-refractivity contribution in [2.75, 3.05) is 0 Å². The van der Waals surface area contributed by atoms with Gasteiger partial charge in [0.15, 0.2) is 0 Å². The first-order valence-corrected chi connectivity index (χ1v) is 6.36. The highest BCUT2D eigenvalue weighted by molar-refractivity contribution is 6.31. The highest BCUT2D eigenvalue weighted by Gasteiger charge is 2.35. The van der Waals surface area contributed by atoms with Crippen molar-refractivity contribution in [1.82, 2.24) is 0 Å². The van der Waals surface area contributed by atoms with Gasteiger partial charge in [0.25, 0.3) is 0 Å². The van der Waals surface area contributed by atoms with Gasteiger partial charge in [-0.3, -0.25) is 0 Å². The first-order valence-electron chi connectivity index (χ1n) is 5.60. The molecule has 0 spiro atoms. The molecule has 0 saturated heterocycles. The molecule has 1 aliphatic carbocycles. The minimum atomic E-state index is -0.0273. The number of hydrogen-bond acceptors (Lipinski definition) is 0. The van der Waals surface area contributed by atoms with Gasteiger partial charge in [-0.2, -0.15) is 0 Å². The lowest BCUT2D eigenvalue weighted by atomic mass is 9.82. The number of benzene rings is 2. The zero-order chi connectivity index (χ0) is 12.2. The summed E-state index contributed by atoms with van der Waals surface area (Å²) in [6.45, 7) is 4.43. The van der Waals surface area contributed by atoms with Crippen LogP contribution in [0.4, 0.5) is 0 Å². The first-order chi connectivity index (χ1) is 8.00. The zero-order valence-electron chi connectivity index (χ0n) is 9.72. The molecule has 0 atom stereocenters. The smallest absolute Gasteiger partial charge is 0.0409 e. The van der Waals surface area contributed by atoms with Gasteiger partial charge in [0, 0.05) is 15.5 Å². The topological polar surface area (TPSA) is 0 Å². The lowest BCUT2D eigenvalue weighted by molar-refractivity contribution is 0.660. The highest BCUT2D eigenvalue weighted by Crippen LogP contribution is 2.49. The summed E-state index contributed by atoms with van der Waals surface area (Å²) in [4.78, 5) is 0. The average molecular weight is 263 g/mol. The Morgan fingerprint density at radius 1 is 0.765 bits per heavy atom. The van der Waals surface area contributed by atoms with Gasteiger partial charge in [-0.25, -0.2) is 0 Å². The molecule has 0 radical (unpaired) electrons. The number of rotatable bonds is 0. The fraction of sp³-hybridized carbons (Fsp3) is 0.200. The Morgan fingerprint density at radius 3 is 1.59 bits per heavy atom. The molecule has 0 aromatic heterocycles. The van der Waals surface area contributed by atoms with Crippen molar-refractivity contribution in [3.8, 4) is 11.1 Å². The van der Waals surface area contributed by atoms with Gasteiger partial charge >= 0.3 is 0 Å². The Kier molecular flexibility index (Phi) is 2.30. The molecule has 0 fully saturated rings. The molecular formula is C15H12Cl2. The predicted molar refractivity (Wildman–Crippen MR) is 74.0 cm³/mol. The minimum Gasteiger partial charge on any atom is -0.0843 e. The van der Waals surface area contributed by atoms with Crippen molar-refractivity contribution in [3.63, 3.8) is 0 Å². The predicted octanol–water partition coefficient (Wildman–Crippen LogP) is 5.30. The molecule has 0 amide bonds. The van der Waals surface area contributed by atoms with Crippen LogP contribution in [0, 0.1) is 0 Å². The lowest BCUT2D eigenvalue weighted by Gasteiger charge is -2.21. The van der Waals surface area contributed by atoms with Crippen molar-refractivity contribution < 1.29 is 0 Å². The standard InChI is InChI=1S/C15H12Cl2/c1-15(2)13-7-9(16)3-5-11(13)12-6-4-10(17)8-14(12)15/h3-8H,1-2H3. The van der Waals surface area contributed by atoms with E-state index in [0.29, 0.717) is 0 Å². The molecule has 86 valence electrons. The number of hydrogen-bond donors (Lipinski definition) is 0. The Labute approximate surface area is 111 Å². The molecule has 0 unspecified atom stereocenters. The van der Waals surface area contributed by atoms with E-state index in [1.807, 2.05) is 12.1 Å². The SMILES string of the molecule is CC1(C)c2cc(Cl)ccc2-c2ccc(Cl)cc21. The Morgan fingerprint density at radius 2 is 1.18 bits per heavy atom. The molecule has 2 aromatic rings. The maximum Gasteiger partial charge on any atom is 0.0409 e. The van der Waals surface area contributed by atoms with Gasteiger partial charge < -0.3 is 0 Å². The van der Waals surface area contributed by atoms with E-state index in [9.17, 15) is 0 Å². The molecule has 17 heavy (non-hydrogen) atoms. The average Bonchev–Trinajstić information content (AvgIpc) is 2.49. The van der Waals surface area contributed by atoms with Crippen LogP contribution in [0.1, 0.15) is 25.0 Å². The third-order valence-corrected chi connectivity index (χ3v) is 4.07. The van der Waals surface area contributed by atoms with Crippen LogP contribution in [0.5, 0.6) is 0 Å². The van der Waals surface area contributed by atoms with Crippen molar-refractivity contribution >= 4 is 23.2 Å². The summed E-state index contributed by atoms with van der Waals surface area (Å²) >= 11 is 12.2. The second-order valence-corrected chi connectivity index (χ2v) is 5.88. The van der Waals surface area contributed by atoms with Gasteiger partial charge in [-0.15, -0.1) is 0 Å². The van der Waals surface area contributed by atoms with Crippen LogP contribution < -0.4 is 0 Å². The monoisotopic (exact) mass is 262 g/mol. The molecular weight excluding hydrogens is 251 g/mol. The fourth-order valence-corrected chi connectivity index (χ4v) is 3.03. The van der Waals surface area contributed by atoms with E-state index < -0.39 is 0 Å². The van der Waals surface area contributed by atoms with Crippen LogP contribution in [0.15, 0.2) is 36.4 Å². The van der Waals surface area contributed by atoms with E-state index in [1.54, 1.807) is 0 Å². The summed E-state index contributed by atoms with van der Waals surface area (Å²) in [5.74, 6) is 0. The lowest BCUT2D eigenvalue weighted by Crippen LogP contribution is -2.14. The zero-order valence-corrected chi connectivity index (χ0v) is 11.2. The Bertz CT molecular complexity index is 559. The van der Waals surface area contributed by atoms with E-state index in [0.717, 1.165) is 10.0 Å². The highest BCUT2D eigenvalue weighted by atomic mass is 35.5. The number of halogens is 2. The van der Waals surface area contributed by atoms with Crippen LogP contribution in [0.25, 0.3) is 11.1 Å². The summed E-state index contributed by atoms with van der Waals surface area (Å²) in [6, 6.07) is 12.2. The van der Waals surface area contributed by atoms with Crippen LogP contribution >= 0.6 is 23.2 Å². The molecule has 0 bridgehead atoms. The molecule has 1 aliphatic rings. The van der Waals surface area contributed by atoms with E-state index in [-0.39, 0.29) is 5.41 Å². The van der Waals surface area contributed by atoms with E-state index in [4.69, 9.17) is 23.2 Å². The fourth-order valence-electron chi connectivity index (χ4n) is 2.68. The molecule has 0 nitrogen and oxygen atoms in total. The van der Waals surface area contributed by atoms with Crippen molar-refractivity contribution in [3.05, 3.63) is 57.6 Å². The van der Waals surface area contributed by atoms with Crippen LogP contribution in [-0.4, -0.2) is 0 Å². The molecule has 0 heterocycles. The van der Waals surface area contributed by atoms with Gasteiger partial charge in [0.2, 0.25) is 0 Å². The molecule has 3 rings (SSSR count). The normalized spacial score (nSPS) is 15.5. The quantitative estimate of drug-likeness (QED) is 0.605. The third kappa shape index (κ3) is 1.51. The van der Waals surface area contributed by atoms with Crippen LogP contribution in [0.2, 0.25) is 10.0 Å². The van der Waals surface area contributed by atoms with Crippen LogP contribution in [-0.2, 0) is 5.41 Å². The second-order valence-electron chi connectivity index (χ2n) is 5.00. The maximum atomic E-state index is 6.10. The Hall–Kier alpha value is -0.980. The summed E-state index contributed by atoms with van der Waals surface area (Å²) in [5.41, 5.74) is 5.07. The van der Waals surface area contributed by atoms with E-state index in [2.05, 4.69) is 38.1 Å². The number of fused-ring (bicyclic) bond motifs is 3. The van der Waals surface area contributed by atoms with Crippen molar-refractivity contribution in [1.29, 1.82) is 0 Å². The minimum absolute atomic E-state index is 0.0273. The molecule has 0 aliphatic heterocycles.